The minimum atomic E-state index is -0.686. The maximum absolute atomic E-state index is 12.0. The highest BCUT2D eigenvalue weighted by atomic mass is 16.2. The van der Waals surface area contributed by atoms with E-state index in [-0.39, 0.29) is 5.69 Å². The number of piperazine rings is 1. The molecule has 2 rings (SSSR count). The molecule has 2 heterocycles. The Bertz CT molecular complexity index is 491. The molecule has 1 aliphatic rings. The van der Waals surface area contributed by atoms with Crippen LogP contribution in [0.25, 0.3) is 0 Å². The first kappa shape index (κ1) is 11.4. The Hall–Kier alpha value is -2.09. The second-order valence-electron chi connectivity index (χ2n) is 3.78. The predicted octanol–water partition coefficient (Wildman–Crippen LogP) is -2.40. The average molecular weight is 239 g/mol. The topological polar surface area (TPSA) is 124 Å². The number of amides is 2. The second-order valence-corrected chi connectivity index (χ2v) is 3.78. The third-order valence-electron chi connectivity index (χ3n) is 2.66. The largest absolute Gasteiger partial charge is 0.368 e. The zero-order valence-electron chi connectivity index (χ0n) is 9.03. The van der Waals surface area contributed by atoms with E-state index in [0.29, 0.717) is 19.6 Å². The molecule has 1 aliphatic heterocycles. The van der Waals surface area contributed by atoms with Crippen molar-refractivity contribution < 1.29 is 9.59 Å². The lowest BCUT2D eigenvalue weighted by molar-refractivity contribution is -0.122. The number of rotatable bonds is 2. The lowest BCUT2D eigenvalue weighted by Gasteiger charge is -2.33. The number of imidazole rings is 1. The Labute approximate surface area is 96.2 Å². The summed E-state index contributed by atoms with van der Waals surface area (Å²) < 4.78 is 0. The molecule has 8 nitrogen and oxygen atoms in total. The fraction of sp³-hybridized carbons (Fsp3) is 0.444. The number of nitrogens with two attached hydrogens (primary N) is 1. The number of hydrogen-bond donors (Lipinski definition) is 4. The van der Waals surface area contributed by atoms with Crippen LogP contribution in [0.15, 0.2) is 11.0 Å². The van der Waals surface area contributed by atoms with Crippen molar-refractivity contribution in [1.82, 2.24) is 20.2 Å². The van der Waals surface area contributed by atoms with Crippen LogP contribution in [0.2, 0.25) is 0 Å². The minimum Gasteiger partial charge on any atom is -0.368 e. The first-order chi connectivity index (χ1) is 8.09. The summed E-state index contributed by atoms with van der Waals surface area (Å²) in [6.45, 7) is 1.29. The molecule has 0 spiro atoms. The first-order valence-electron chi connectivity index (χ1n) is 5.18. The molecule has 1 saturated heterocycles. The smallest absolute Gasteiger partial charge is 0.323 e. The van der Waals surface area contributed by atoms with Crippen molar-refractivity contribution in [3.05, 3.63) is 22.4 Å². The Morgan fingerprint density at radius 3 is 2.82 bits per heavy atom. The average Bonchev–Trinajstić information content (AvgIpc) is 2.75. The van der Waals surface area contributed by atoms with Gasteiger partial charge in [0.15, 0.2) is 0 Å². The highest BCUT2D eigenvalue weighted by Gasteiger charge is 2.31. The number of nitrogens with zero attached hydrogens (tertiary/aromatic N) is 1. The first-order valence-corrected chi connectivity index (χ1v) is 5.18. The van der Waals surface area contributed by atoms with Crippen molar-refractivity contribution in [2.45, 2.75) is 6.04 Å². The van der Waals surface area contributed by atoms with Crippen molar-refractivity contribution in [1.29, 1.82) is 0 Å². The molecular formula is C9H13N5O3. The number of aromatic nitrogens is 2. The lowest BCUT2D eigenvalue weighted by atomic mass is 10.1. The van der Waals surface area contributed by atoms with Crippen LogP contribution < -0.4 is 16.7 Å². The van der Waals surface area contributed by atoms with Crippen molar-refractivity contribution in [2.75, 3.05) is 19.6 Å². The molecule has 5 N–H and O–H groups in total. The molecule has 1 aromatic heterocycles. The second kappa shape index (κ2) is 4.42. The zero-order valence-corrected chi connectivity index (χ0v) is 9.03. The number of nitrogens with one attached hydrogen (secondary N) is 3. The monoisotopic (exact) mass is 239 g/mol. The SMILES string of the molecule is NC(=O)C1CNCCN1C(=O)c1c[nH]c(=O)[nH]1. The molecule has 1 unspecified atom stereocenters. The van der Waals surface area contributed by atoms with Gasteiger partial charge in [-0.1, -0.05) is 0 Å². The third kappa shape index (κ3) is 2.21. The molecule has 2 amide bonds. The molecule has 0 saturated carbocycles. The van der Waals surface area contributed by atoms with Crippen LogP contribution in [0, 0.1) is 0 Å². The zero-order chi connectivity index (χ0) is 12.4. The van der Waals surface area contributed by atoms with Crippen molar-refractivity contribution >= 4 is 11.8 Å². The van der Waals surface area contributed by atoms with Gasteiger partial charge in [0.1, 0.15) is 11.7 Å². The van der Waals surface area contributed by atoms with Crippen molar-refractivity contribution in [3.8, 4) is 0 Å². The van der Waals surface area contributed by atoms with Crippen LogP contribution in [0.3, 0.4) is 0 Å². The number of H-pyrrole nitrogens is 2. The summed E-state index contributed by atoms with van der Waals surface area (Å²) in [5, 5.41) is 2.98. The molecule has 1 atom stereocenters. The fourth-order valence-electron chi connectivity index (χ4n) is 1.80. The van der Waals surface area contributed by atoms with Crippen LogP contribution in [-0.2, 0) is 4.79 Å². The fourth-order valence-corrected chi connectivity index (χ4v) is 1.80. The summed E-state index contributed by atoms with van der Waals surface area (Å²) >= 11 is 0. The summed E-state index contributed by atoms with van der Waals surface area (Å²) in [5.74, 6) is -0.975. The van der Waals surface area contributed by atoms with Crippen LogP contribution in [0.4, 0.5) is 0 Å². The standard InChI is InChI=1S/C9H13N5O3/c10-7(15)6-4-11-1-2-14(6)8(16)5-3-12-9(17)13-5/h3,6,11H,1-2,4H2,(H2,10,15)(H2,12,13,17). The van der Waals surface area contributed by atoms with Gasteiger partial charge in [0, 0.05) is 25.8 Å². The lowest BCUT2D eigenvalue weighted by Crippen LogP contribution is -2.58. The van der Waals surface area contributed by atoms with Gasteiger partial charge in [0.25, 0.3) is 5.91 Å². The van der Waals surface area contributed by atoms with E-state index in [9.17, 15) is 14.4 Å². The normalized spacial score (nSPS) is 20.2. The quantitative estimate of drug-likeness (QED) is 0.459. The number of carbonyl (C=O) groups excluding carboxylic acids is 2. The molecule has 17 heavy (non-hydrogen) atoms. The molecule has 8 heteroatoms. The molecule has 0 bridgehead atoms. The van der Waals surface area contributed by atoms with Gasteiger partial charge >= 0.3 is 5.69 Å². The number of hydrogen-bond acceptors (Lipinski definition) is 4. The molecule has 92 valence electrons. The van der Waals surface area contributed by atoms with Crippen LogP contribution >= 0.6 is 0 Å². The Morgan fingerprint density at radius 1 is 1.47 bits per heavy atom. The number of carbonyl (C=O) groups is 2. The highest BCUT2D eigenvalue weighted by Crippen LogP contribution is 2.07. The maximum Gasteiger partial charge on any atom is 0.323 e. The van der Waals surface area contributed by atoms with E-state index >= 15 is 0 Å². The van der Waals surface area contributed by atoms with E-state index in [1.165, 1.54) is 11.1 Å². The summed E-state index contributed by atoms with van der Waals surface area (Å²) in [5.41, 5.74) is 4.89. The van der Waals surface area contributed by atoms with Gasteiger partial charge in [-0.3, -0.25) is 9.59 Å². The Balaban J connectivity index is 2.22. The van der Waals surface area contributed by atoms with Gasteiger partial charge in [0.2, 0.25) is 5.91 Å². The van der Waals surface area contributed by atoms with E-state index < -0.39 is 23.5 Å². The maximum atomic E-state index is 12.0. The third-order valence-corrected chi connectivity index (χ3v) is 2.66. The molecule has 0 radical (unpaired) electrons. The van der Waals surface area contributed by atoms with Crippen LogP contribution in [0.5, 0.6) is 0 Å². The number of aromatic amines is 2. The van der Waals surface area contributed by atoms with Crippen LogP contribution in [-0.4, -0.2) is 52.4 Å². The molecular weight excluding hydrogens is 226 g/mol. The van der Waals surface area contributed by atoms with Gasteiger partial charge in [-0.15, -0.1) is 0 Å². The minimum absolute atomic E-state index is 0.128. The van der Waals surface area contributed by atoms with Gasteiger partial charge in [-0.25, -0.2) is 4.79 Å². The summed E-state index contributed by atoms with van der Waals surface area (Å²) in [4.78, 5) is 40.2. The number of primary amides is 1. The Morgan fingerprint density at radius 2 is 2.24 bits per heavy atom. The summed E-state index contributed by atoms with van der Waals surface area (Å²) in [7, 11) is 0. The Kier molecular flexibility index (Phi) is 2.96. The van der Waals surface area contributed by atoms with E-state index in [1.54, 1.807) is 0 Å². The van der Waals surface area contributed by atoms with E-state index in [0.717, 1.165) is 0 Å². The molecule has 1 fully saturated rings. The highest BCUT2D eigenvalue weighted by molar-refractivity contribution is 5.95. The van der Waals surface area contributed by atoms with Gasteiger partial charge in [-0.2, -0.15) is 0 Å². The van der Waals surface area contributed by atoms with E-state index in [4.69, 9.17) is 5.73 Å². The molecule has 0 aromatic carbocycles. The van der Waals surface area contributed by atoms with E-state index in [2.05, 4.69) is 15.3 Å². The molecule has 0 aliphatic carbocycles. The van der Waals surface area contributed by atoms with Crippen molar-refractivity contribution in [3.63, 3.8) is 0 Å². The van der Waals surface area contributed by atoms with Gasteiger partial charge in [-0.05, 0) is 0 Å². The van der Waals surface area contributed by atoms with E-state index in [1.807, 2.05) is 0 Å². The summed E-state index contributed by atoms with van der Waals surface area (Å²) in [6.07, 6.45) is 1.28. The molecule has 1 aromatic rings. The van der Waals surface area contributed by atoms with Gasteiger partial charge < -0.3 is 25.9 Å². The van der Waals surface area contributed by atoms with Crippen molar-refractivity contribution in [2.24, 2.45) is 5.73 Å². The van der Waals surface area contributed by atoms with Gasteiger partial charge in [0.05, 0.1) is 0 Å². The van der Waals surface area contributed by atoms with Crippen LogP contribution in [0.1, 0.15) is 10.5 Å². The predicted molar refractivity (Wildman–Crippen MR) is 58.3 cm³/mol. The summed E-state index contributed by atoms with van der Waals surface area (Å²) in [6, 6.07) is -0.686.